The molecule has 0 fully saturated rings. The Bertz CT molecular complexity index is 1490. The number of fused-ring (bicyclic) bond motifs is 2. The third-order valence-electron chi connectivity index (χ3n) is 5.89. The Labute approximate surface area is 197 Å². The Morgan fingerprint density at radius 3 is 1.71 bits per heavy atom. The first-order chi connectivity index (χ1) is 16.7. The molecule has 0 saturated heterocycles. The first-order valence-electron chi connectivity index (χ1n) is 11.0. The molecule has 0 aliphatic carbocycles. The third-order valence-corrected chi connectivity index (χ3v) is 8.92. The van der Waals surface area contributed by atoms with E-state index in [1.807, 2.05) is 109 Å². The molecule has 0 radical (unpaired) electrons. The molecule has 0 unspecified atom stereocenters. The lowest BCUT2D eigenvalue weighted by molar-refractivity contribution is 0.360. The lowest BCUT2D eigenvalue weighted by Gasteiger charge is -2.22. The first-order valence-corrected chi connectivity index (χ1v) is 12.7. The molecular weight excluding hydrogens is 441 g/mol. The van der Waals surface area contributed by atoms with E-state index in [1.54, 1.807) is 12.4 Å². The Morgan fingerprint density at radius 1 is 0.500 bits per heavy atom. The summed E-state index contributed by atoms with van der Waals surface area (Å²) in [5.41, 5.74) is 1.76. The second-order valence-electron chi connectivity index (χ2n) is 8.02. The standard InChI is InChI=1S/C29H20NO3P/c31-34(23-9-3-1-4-10-23,24-11-5-2-6-12-24)25-17-22(19-30-20-25)21-15-16-28-29(18-21)33-27-14-8-7-13-26(27)32-28/h1-20H. The maximum atomic E-state index is 14.7. The molecule has 34 heavy (non-hydrogen) atoms. The molecule has 4 aromatic carbocycles. The van der Waals surface area contributed by atoms with E-state index in [9.17, 15) is 4.57 Å². The molecule has 0 saturated carbocycles. The normalized spacial score (nSPS) is 12.1. The van der Waals surface area contributed by atoms with E-state index in [-0.39, 0.29) is 0 Å². The molecule has 1 aliphatic rings. The summed E-state index contributed by atoms with van der Waals surface area (Å²) in [4.78, 5) is 4.48. The van der Waals surface area contributed by atoms with Crippen molar-refractivity contribution in [2.75, 3.05) is 0 Å². The van der Waals surface area contributed by atoms with Gasteiger partial charge in [0.2, 0.25) is 0 Å². The zero-order chi connectivity index (χ0) is 23.0. The fourth-order valence-electron chi connectivity index (χ4n) is 4.19. The van der Waals surface area contributed by atoms with Gasteiger partial charge < -0.3 is 14.0 Å². The molecule has 0 N–H and O–H groups in total. The molecule has 2 heterocycles. The average Bonchev–Trinajstić information content (AvgIpc) is 2.92. The second kappa shape index (κ2) is 8.33. The van der Waals surface area contributed by atoms with Gasteiger partial charge in [0.1, 0.15) is 0 Å². The van der Waals surface area contributed by atoms with Crippen LogP contribution in [0.5, 0.6) is 23.0 Å². The highest BCUT2D eigenvalue weighted by molar-refractivity contribution is 7.85. The van der Waals surface area contributed by atoms with Crippen LogP contribution in [0.15, 0.2) is 122 Å². The summed E-state index contributed by atoms with van der Waals surface area (Å²) in [6.45, 7) is 0. The number of hydrogen-bond donors (Lipinski definition) is 0. The Hall–Kier alpha value is -4.14. The number of aromatic nitrogens is 1. The number of nitrogens with zero attached hydrogens (tertiary/aromatic N) is 1. The monoisotopic (exact) mass is 461 g/mol. The van der Waals surface area contributed by atoms with Gasteiger partial charge in [-0.05, 0) is 35.9 Å². The average molecular weight is 461 g/mol. The number of hydrogen-bond acceptors (Lipinski definition) is 4. The van der Waals surface area contributed by atoms with E-state index in [4.69, 9.17) is 9.47 Å². The van der Waals surface area contributed by atoms with Crippen molar-refractivity contribution >= 4 is 23.1 Å². The number of pyridine rings is 1. The van der Waals surface area contributed by atoms with Gasteiger partial charge in [0.15, 0.2) is 30.1 Å². The van der Waals surface area contributed by atoms with E-state index in [1.165, 1.54) is 0 Å². The lowest BCUT2D eigenvalue weighted by atomic mass is 10.1. The molecule has 1 aromatic heterocycles. The van der Waals surface area contributed by atoms with Crippen LogP contribution in [0.3, 0.4) is 0 Å². The van der Waals surface area contributed by atoms with Gasteiger partial charge in [-0.2, -0.15) is 0 Å². The minimum absolute atomic E-state index is 0.635. The topological polar surface area (TPSA) is 48.4 Å². The summed E-state index contributed by atoms with van der Waals surface area (Å²) in [5.74, 6) is 2.66. The van der Waals surface area contributed by atoms with Crippen molar-refractivity contribution in [1.82, 2.24) is 4.98 Å². The van der Waals surface area contributed by atoms with Gasteiger partial charge in [0, 0.05) is 33.9 Å². The SMILES string of the molecule is O=P(c1ccccc1)(c1ccccc1)c1cncc(-c2ccc3c(c2)Oc2ccccc2O3)c1. The largest absolute Gasteiger partial charge is 0.450 e. The summed E-state index contributed by atoms with van der Waals surface area (Å²) in [7, 11) is -3.11. The van der Waals surface area contributed by atoms with Crippen molar-refractivity contribution in [1.29, 1.82) is 0 Å². The van der Waals surface area contributed by atoms with Crippen molar-refractivity contribution < 1.29 is 14.0 Å². The fraction of sp³-hybridized carbons (Fsp3) is 0. The summed E-state index contributed by atoms with van der Waals surface area (Å²) in [6, 6.07) is 34.5. The minimum Gasteiger partial charge on any atom is -0.450 e. The molecule has 0 spiro atoms. The molecule has 5 aromatic rings. The molecular formula is C29H20NO3P. The zero-order valence-electron chi connectivity index (χ0n) is 18.2. The van der Waals surface area contributed by atoms with Gasteiger partial charge in [-0.1, -0.05) is 78.9 Å². The van der Waals surface area contributed by atoms with E-state index >= 15 is 0 Å². The highest BCUT2D eigenvalue weighted by atomic mass is 31.2. The van der Waals surface area contributed by atoms with E-state index in [0.29, 0.717) is 28.3 Å². The molecule has 4 nitrogen and oxygen atoms in total. The van der Waals surface area contributed by atoms with E-state index in [0.717, 1.165) is 21.7 Å². The molecule has 5 heteroatoms. The quantitative estimate of drug-likeness (QED) is 0.290. The van der Waals surface area contributed by atoms with Gasteiger partial charge in [-0.15, -0.1) is 0 Å². The van der Waals surface area contributed by atoms with Crippen LogP contribution in [0.4, 0.5) is 0 Å². The number of para-hydroxylation sites is 2. The maximum Gasteiger partial charge on any atom is 0.172 e. The number of rotatable bonds is 4. The lowest BCUT2D eigenvalue weighted by Crippen LogP contribution is -2.25. The van der Waals surface area contributed by atoms with Crippen LogP contribution >= 0.6 is 7.14 Å². The van der Waals surface area contributed by atoms with Crippen LogP contribution in [-0.4, -0.2) is 4.98 Å². The Balaban J connectivity index is 1.44. The highest BCUT2D eigenvalue weighted by Crippen LogP contribution is 2.47. The van der Waals surface area contributed by atoms with Crippen LogP contribution in [0.2, 0.25) is 0 Å². The van der Waals surface area contributed by atoms with Crippen molar-refractivity contribution in [3.05, 3.63) is 122 Å². The van der Waals surface area contributed by atoms with Crippen LogP contribution < -0.4 is 25.4 Å². The number of ether oxygens (including phenoxy) is 2. The van der Waals surface area contributed by atoms with Gasteiger partial charge >= 0.3 is 0 Å². The predicted octanol–water partition coefficient (Wildman–Crippen LogP) is 6.29. The fourth-order valence-corrected chi connectivity index (χ4v) is 6.82. The summed E-state index contributed by atoms with van der Waals surface area (Å²) in [5, 5.41) is 2.24. The number of benzene rings is 4. The van der Waals surface area contributed by atoms with E-state index in [2.05, 4.69) is 4.98 Å². The van der Waals surface area contributed by atoms with Crippen molar-refractivity contribution in [3.8, 4) is 34.1 Å². The molecule has 0 atom stereocenters. The van der Waals surface area contributed by atoms with Gasteiger partial charge in [-0.25, -0.2) is 0 Å². The Kier molecular flexibility index (Phi) is 5.01. The van der Waals surface area contributed by atoms with Crippen LogP contribution in [-0.2, 0) is 4.57 Å². The van der Waals surface area contributed by atoms with Crippen LogP contribution in [0.1, 0.15) is 0 Å². The molecule has 164 valence electrons. The van der Waals surface area contributed by atoms with Crippen LogP contribution in [0, 0.1) is 0 Å². The third kappa shape index (κ3) is 3.49. The second-order valence-corrected chi connectivity index (χ2v) is 10.8. The van der Waals surface area contributed by atoms with Crippen molar-refractivity contribution in [3.63, 3.8) is 0 Å². The summed E-state index contributed by atoms with van der Waals surface area (Å²) >= 11 is 0. The van der Waals surface area contributed by atoms with Crippen molar-refractivity contribution in [2.24, 2.45) is 0 Å². The van der Waals surface area contributed by atoms with Gasteiger partial charge in [-0.3, -0.25) is 4.98 Å². The zero-order valence-corrected chi connectivity index (χ0v) is 19.1. The van der Waals surface area contributed by atoms with Gasteiger partial charge in [0.25, 0.3) is 0 Å². The highest BCUT2D eigenvalue weighted by Gasteiger charge is 2.30. The molecule has 6 rings (SSSR count). The molecule has 0 amide bonds. The van der Waals surface area contributed by atoms with Crippen molar-refractivity contribution in [2.45, 2.75) is 0 Å². The van der Waals surface area contributed by atoms with E-state index < -0.39 is 7.14 Å². The summed E-state index contributed by atoms with van der Waals surface area (Å²) in [6.07, 6.45) is 3.49. The first kappa shape index (κ1) is 20.5. The molecule has 1 aliphatic heterocycles. The molecule has 0 bridgehead atoms. The van der Waals surface area contributed by atoms with Gasteiger partial charge in [0.05, 0.1) is 0 Å². The smallest absolute Gasteiger partial charge is 0.172 e. The van der Waals surface area contributed by atoms with Crippen LogP contribution in [0.25, 0.3) is 11.1 Å². The predicted molar refractivity (Wildman–Crippen MR) is 136 cm³/mol. The summed E-state index contributed by atoms with van der Waals surface area (Å²) < 4.78 is 26.7. The maximum absolute atomic E-state index is 14.7. The Morgan fingerprint density at radius 2 is 1.06 bits per heavy atom. The minimum atomic E-state index is -3.11.